The minimum atomic E-state index is -0.593. The largest absolute Gasteiger partial charge is 0.385 e. The van der Waals surface area contributed by atoms with Gasteiger partial charge in [-0.05, 0) is 36.6 Å². The van der Waals surface area contributed by atoms with E-state index in [0.717, 1.165) is 42.1 Å². The predicted molar refractivity (Wildman–Crippen MR) is 64.1 cm³/mol. The Kier molecular flexibility index (Phi) is 2.18. The number of rotatable bonds is 1. The molecule has 0 spiro atoms. The van der Waals surface area contributed by atoms with Crippen LogP contribution in [0.4, 0.5) is 0 Å². The first kappa shape index (κ1) is 9.79. The summed E-state index contributed by atoms with van der Waals surface area (Å²) in [5.74, 6) is 0. The van der Waals surface area contributed by atoms with Crippen LogP contribution in [-0.4, -0.2) is 10.1 Å². The van der Waals surface area contributed by atoms with Crippen molar-refractivity contribution in [3.63, 3.8) is 0 Å². The molecule has 0 amide bonds. The Balaban J connectivity index is 2.11. The van der Waals surface area contributed by atoms with Gasteiger partial charge in [-0.1, -0.05) is 25.0 Å². The minimum absolute atomic E-state index is 0.593. The molecular formula is C14H15NO. The number of nitrogens with zero attached hydrogens (tertiary/aromatic N) is 1. The first-order valence-corrected chi connectivity index (χ1v) is 5.86. The molecule has 1 heterocycles. The first-order chi connectivity index (χ1) is 7.78. The van der Waals surface area contributed by atoms with Crippen molar-refractivity contribution >= 4 is 10.9 Å². The lowest BCUT2D eigenvalue weighted by Gasteiger charge is -2.22. The first-order valence-electron chi connectivity index (χ1n) is 5.86. The van der Waals surface area contributed by atoms with Gasteiger partial charge in [-0.3, -0.25) is 4.98 Å². The van der Waals surface area contributed by atoms with Gasteiger partial charge in [0.05, 0.1) is 11.1 Å². The van der Waals surface area contributed by atoms with Gasteiger partial charge in [-0.25, -0.2) is 0 Å². The maximum Gasteiger partial charge on any atom is 0.0896 e. The molecule has 0 aliphatic heterocycles. The lowest BCUT2D eigenvalue weighted by Crippen LogP contribution is -2.20. The van der Waals surface area contributed by atoms with Crippen LogP contribution in [0.5, 0.6) is 0 Å². The smallest absolute Gasteiger partial charge is 0.0896 e. The van der Waals surface area contributed by atoms with E-state index in [-0.39, 0.29) is 0 Å². The second-order valence-electron chi connectivity index (χ2n) is 4.65. The Morgan fingerprint density at radius 2 is 1.94 bits per heavy atom. The molecule has 1 fully saturated rings. The molecule has 0 unspecified atom stereocenters. The zero-order chi connectivity index (χ0) is 11.0. The Hall–Kier alpha value is -1.41. The van der Waals surface area contributed by atoms with Crippen molar-refractivity contribution in [1.29, 1.82) is 0 Å². The van der Waals surface area contributed by atoms with Gasteiger partial charge in [-0.15, -0.1) is 0 Å². The zero-order valence-corrected chi connectivity index (χ0v) is 9.19. The van der Waals surface area contributed by atoms with Crippen LogP contribution in [0.1, 0.15) is 31.2 Å². The number of aromatic nitrogens is 1. The van der Waals surface area contributed by atoms with Gasteiger partial charge >= 0.3 is 0 Å². The van der Waals surface area contributed by atoms with E-state index in [1.54, 1.807) is 6.20 Å². The van der Waals surface area contributed by atoms with Gasteiger partial charge in [0, 0.05) is 11.6 Å². The molecule has 1 aliphatic carbocycles. The van der Waals surface area contributed by atoms with E-state index < -0.39 is 5.60 Å². The normalized spacial score (nSPS) is 19.1. The number of benzene rings is 1. The topological polar surface area (TPSA) is 33.1 Å². The predicted octanol–water partition coefficient (Wildman–Crippen LogP) is 3.00. The van der Waals surface area contributed by atoms with Gasteiger partial charge in [-0.2, -0.15) is 0 Å². The molecule has 3 rings (SSSR count). The third kappa shape index (κ3) is 1.50. The summed E-state index contributed by atoms with van der Waals surface area (Å²) in [6.45, 7) is 0. The molecule has 0 saturated heterocycles. The Bertz CT molecular complexity index is 515. The summed E-state index contributed by atoms with van der Waals surface area (Å²) in [7, 11) is 0. The van der Waals surface area contributed by atoms with Crippen LogP contribution in [-0.2, 0) is 5.60 Å². The summed E-state index contributed by atoms with van der Waals surface area (Å²) in [4.78, 5) is 4.29. The number of fused-ring (bicyclic) bond motifs is 1. The van der Waals surface area contributed by atoms with Crippen molar-refractivity contribution < 1.29 is 5.11 Å². The van der Waals surface area contributed by atoms with Crippen LogP contribution >= 0.6 is 0 Å². The van der Waals surface area contributed by atoms with E-state index in [1.807, 2.05) is 24.3 Å². The van der Waals surface area contributed by atoms with E-state index in [2.05, 4.69) is 11.1 Å². The number of aliphatic hydroxyl groups is 1. The van der Waals surface area contributed by atoms with Crippen LogP contribution in [0.2, 0.25) is 0 Å². The Morgan fingerprint density at radius 1 is 1.12 bits per heavy atom. The number of hydrogen-bond donors (Lipinski definition) is 1. The van der Waals surface area contributed by atoms with Crippen molar-refractivity contribution in [2.75, 3.05) is 0 Å². The highest BCUT2D eigenvalue weighted by Crippen LogP contribution is 2.39. The summed E-state index contributed by atoms with van der Waals surface area (Å²) in [5.41, 5.74) is 1.45. The maximum atomic E-state index is 10.5. The molecule has 0 atom stereocenters. The molecule has 0 radical (unpaired) electrons. The second kappa shape index (κ2) is 3.56. The highest BCUT2D eigenvalue weighted by molar-refractivity contribution is 5.79. The Morgan fingerprint density at radius 3 is 2.75 bits per heavy atom. The van der Waals surface area contributed by atoms with Gasteiger partial charge in [0.2, 0.25) is 0 Å². The standard InChI is InChI=1S/C14H15NO/c16-14(7-1-2-8-14)12-5-6-13-11(10-12)4-3-9-15-13/h3-6,9-10,16H,1-2,7-8H2. The summed E-state index contributed by atoms with van der Waals surface area (Å²) in [5, 5.41) is 11.6. The van der Waals surface area contributed by atoms with Gasteiger partial charge in [0.1, 0.15) is 0 Å². The molecule has 0 bridgehead atoms. The lowest BCUT2D eigenvalue weighted by molar-refractivity contribution is 0.0446. The van der Waals surface area contributed by atoms with E-state index >= 15 is 0 Å². The maximum absolute atomic E-state index is 10.5. The SMILES string of the molecule is OC1(c2ccc3ncccc3c2)CCCC1. The molecule has 16 heavy (non-hydrogen) atoms. The van der Waals surface area contributed by atoms with Crippen molar-refractivity contribution in [1.82, 2.24) is 4.98 Å². The van der Waals surface area contributed by atoms with Crippen LogP contribution in [0.15, 0.2) is 36.5 Å². The van der Waals surface area contributed by atoms with Crippen molar-refractivity contribution in [3.05, 3.63) is 42.1 Å². The number of pyridine rings is 1. The second-order valence-corrected chi connectivity index (χ2v) is 4.65. The van der Waals surface area contributed by atoms with Crippen molar-refractivity contribution in [2.24, 2.45) is 0 Å². The van der Waals surface area contributed by atoms with Crippen LogP contribution in [0.3, 0.4) is 0 Å². The van der Waals surface area contributed by atoms with Crippen LogP contribution in [0.25, 0.3) is 10.9 Å². The third-order valence-corrected chi connectivity index (χ3v) is 3.57. The fourth-order valence-electron chi connectivity index (χ4n) is 2.61. The van der Waals surface area contributed by atoms with Gasteiger partial charge in [0.15, 0.2) is 0 Å². The summed E-state index contributed by atoms with van der Waals surface area (Å²) >= 11 is 0. The van der Waals surface area contributed by atoms with Crippen molar-refractivity contribution in [3.8, 4) is 0 Å². The molecule has 1 aromatic heterocycles. The molecule has 82 valence electrons. The average molecular weight is 213 g/mol. The van der Waals surface area contributed by atoms with Gasteiger partial charge in [0.25, 0.3) is 0 Å². The molecule has 1 aliphatic rings. The summed E-state index contributed by atoms with van der Waals surface area (Å²) in [6.07, 6.45) is 5.83. The molecule has 2 heteroatoms. The van der Waals surface area contributed by atoms with Crippen molar-refractivity contribution in [2.45, 2.75) is 31.3 Å². The fraction of sp³-hybridized carbons (Fsp3) is 0.357. The monoisotopic (exact) mass is 213 g/mol. The average Bonchev–Trinajstić information content (AvgIpc) is 2.77. The van der Waals surface area contributed by atoms with E-state index in [4.69, 9.17) is 0 Å². The highest BCUT2D eigenvalue weighted by Gasteiger charge is 2.32. The quantitative estimate of drug-likeness (QED) is 0.790. The number of hydrogen-bond acceptors (Lipinski definition) is 2. The van der Waals surface area contributed by atoms with E-state index in [1.165, 1.54) is 0 Å². The fourth-order valence-corrected chi connectivity index (χ4v) is 2.61. The summed E-state index contributed by atoms with van der Waals surface area (Å²) < 4.78 is 0. The minimum Gasteiger partial charge on any atom is -0.385 e. The van der Waals surface area contributed by atoms with E-state index in [9.17, 15) is 5.11 Å². The third-order valence-electron chi connectivity index (χ3n) is 3.57. The lowest BCUT2D eigenvalue weighted by atomic mass is 9.91. The van der Waals surface area contributed by atoms with Crippen LogP contribution in [0, 0.1) is 0 Å². The Labute approximate surface area is 94.9 Å². The molecule has 2 nitrogen and oxygen atoms in total. The summed E-state index contributed by atoms with van der Waals surface area (Å²) in [6, 6.07) is 10.1. The zero-order valence-electron chi connectivity index (χ0n) is 9.19. The molecule has 2 aromatic rings. The molecule has 1 saturated carbocycles. The van der Waals surface area contributed by atoms with Gasteiger partial charge < -0.3 is 5.11 Å². The highest BCUT2D eigenvalue weighted by atomic mass is 16.3. The van der Waals surface area contributed by atoms with E-state index in [0.29, 0.717) is 0 Å². The van der Waals surface area contributed by atoms with Crippen LogP contribution < -0.4 is 0 Å². The molecule has 1 N–H and O–H groups in total. The molecule has 1 aromatic carbocycles. The molecular weight excluding hydrogens is 198 g/mol.